The van der Waals surface area contributed by atoms with Crippen LogP contribution in [0, 0.1) is 5.92 Å². The topological polar surface area (TPSA) is 91.2 Å². The average molecular weight is 470 g/mol. The smallest absolute Gasteiger partial charge is 0.432 e. The van der Waals surface area contributed by atoms with E-state index in [1.807, 2.05) is 0 Å². The van der Waals surface area contributed by atoms with Gasteiger partial charge in [-0.15, -0.1) is 0 Å². The van der Waals surface area contributed by atoms with E-state index in [1.54, 1.807) is 19.1 Å². The maximum Gasteiger partial charge on any atom is 0.432 e. The van der Waals surface area contributed by atoms with E-state index in [0.29, 0.717) is 10.6 Å². The van der Waals surface area contributed by atoms with Gasteiger partial charge in [0.15, 0.2) is 5.71 Å². The van der Waals surface area contributed by atoms with Crippen LogP contribution in [0.4, 0.5) is 13.2 Å². The van der Waals surface area contributed by atoms with Gasteiger partial charge in [0.2, 0.25) is 12.1 Å². The Morgan fingerprint density at radius 2 is 1.88 bits per heavy atom. The predicted octanol–water partition coefficient (Wildman–Crippen LogP) is 4.10. The second-order valence-electron chi connectivity index (χ2n) is 7.16. The first-order chi connectivity index (χ1) is 15.0. The fourth-order valence-corrected chi connectivity index (χ4v) is 3.43. The van der Waals surface area contributed by atoms with Crippen molar-refractivity contribution < 1.29 is 32.6 Å². The number of ether oxygens (including phenoxy) is 1. The Balaban J connectivity index is 1.84. The Hall–Kier alpha value is -3.27. The Morgan fingerprint density at radius 1 is 1.22 bits per heavy atom. The standard InChI is InChI=1S/C21H19ClF3N3O4/c1-11(12-6-8-13(9-7-12)20(30)31)26-18(29)16-17(21(23,24)25)27-28(2)19(16)32-15-5-3-4-14(22)10-15/h3-11,16,19H,1-2H3,(H,26,29)(H,30,31)/t11-,16?,19?/m0/s1. The number of hydrogen-bond donors (Lipinski definition) is 2. The van der Waals surface area contributed by atoms with Gasteiger partial charge in [0.25, 0.3) is 0 Å². The summed E-state index contributed by atoms with van der Waals surface area (Å²) in [7, 11) is 1.28. The molecule has 2 aromatic rings. The number of carbonyl (C=O) groups excluding carboxylic acids is 1. The number of carboxylic acid groups (broad SMARTS) is 1. The summed E-state index contributed by atoms with van der Waals surface area (Å²) in [5.74, 6) is -3.63. The van der Waals surface area contributed by atoms with Crippen molar-refractivity contribution in [2.75, 3.05) is 7.05 Å². The number of benzene rings is 2. The van der Waals surface area contributed by atoms with Crippen molar-refractivity contribution in [2.45, 2.75) is 25.4 Å². The number of nitrogens with one attached hydrogen (secondary N) is 1. The third-order valence-electron chi connectivity index (χ3n) is 4.86. The molecule has 0 aromatic heterocycles. The first-order valence-electron chi connectivity index (χ1n) is 9.41. The van der Waals surface area contributed by atoms with Gasteiger partial charge in [0, 0.05) is 12.1 Å². The van der Waals surface area contributed by atoms with Crippen LogP contribution in [-0.4, -0.2) is 47.2 Å². The van der Waals surface area contributed by atoms with Crippen molar-refractivity contribution in [2.24, 2.45) is 11.0 Å². The van der Waals surface area contributed by atoms with Gasteiger partial charge in [0.05, 0.1) is 11.6 Å². The number of amides is 1. The number of hydrogen-bond acceptors (Lipinski definition) is 5. The highest BCUT2D eigenvalue weighted by atomic mass is 35.5. The average Bonchev–Trinajstić information content (AvgIpc) is 3.04. The molecule has 2 N–H and O–H groups in total. The van der Waals surface area contributed by atoms with Gasteiger partial charge < -0.3 is 15.2 Å². The summed E-state index contributed by atoms with van der Waals surface area (Å²) in [6, 6.07) is 11.0. The zero-order valence-electron chi connectivity index (χ0n) is 16.9. The minimum Gasteiger partial charge on any atom is -0.478 e. The lowest BCUT2D eigenvalue weighted by molar-refractivity contribution is -0.129. The van der Waals surface area contributed by atoms with Crippen molar-refractivity contribution in [1.82, 2.24) is 10.3 Å². The molecule has 0 bridgehead atoms. The lowest BCUT2D eigenvalue weighted by Gasteiger charge is -2.27. The number of halogens is 4. The van der Waals surface area contributed by atoms with E-state index in [9.17, 15) is 22.8 Å². The maximum absolute atomic E-state index is 13.6. The molecule has 0 aliphatic carbocycles. The number of aromatic carboxylic acids is 1. The highest BCUT2D eigenvalue weighted by Crippen LogP contribution is 2.34. The number of alkyl halides is 3. The molecule has 0 saturated heterocycles. The monoisotopic (exact) mass is 469 g/mol. The van der Waals surface area contributed by atoms with Gasteiger partial charge in [-0.1, -0.05) is 29.8 Å². The highest BCUT2D eigenvalue weighted by molar-refractivity contribution is 6.30. The third-order valence-corrected chi connectivity index (χ3v) is 5.09. The zero-order chi connectivity index (χ0) is 23.6. The predicted molar refractivity (Wildman–Crippen MR) is 111 cm³/mol. The van der Waals surface area contributed by atoms with E-state index in [4.69, 9.17) is 21.4 Å². The molecule has 3 rings (SSSR count). The molecule has 0 radical (unpaired) electrons. The number of carboxylic acids is 1. The Bertz CT molecular complexity index is 1040. The largest absolute Gasteiger partial charge is 0.478 e. The van der Waals surface area contributed by atoms with E-state index in [0.717, 1.165) is 5.01 Å². The van der Waals surface area contributed by atoms with Crippen LogP contribution in [0.25, 0.3) is 0 Å². The fourth-order valence-electron chi connectivity index (χ4n) is 3.25. The number of hydrazone groups is 1. The molecular formula is C21H19ClF3N3O4. The number of rotatable bonds is 6. The molecule has 1 aliphatic heterocycles. The van der Waals surface area contributed by atoms with Crippen LogP contribution in [0.15, 0.2) is 53.6 Å². The molecule has 170 valence electrons. The molecule has 2 unspecified atom stereocenters. The van der Waals surface area contributed by atoms with Gasteiger partial charge in [-0.2, -0.15) is 18.3 Å². The van der Waals surface area contributed by atoms with Crippen molar-refractivity contribution >= 4 is 29.2 Å². The molecule has 32 heavy (non-hydrogen) atoms. The summed E-state index contributed by atoms with van der Waals surface area (Å²) in [6.07, 6.45) is -6.21. The van der Waals surface area contributed by atoms with Gasteiger partial charge in [-0.3, -0.25) is 9.80 Å². The van der Waals surface area contributed by atoms with Crippen molar-refractivity contribution in [3.05, 3.63) is 64.7 Å². The SMILES string of the molecule is C[C@H](NC(=O)C1C(C(F)(F)F)=NN(C)C1Oc1cccc(Cl)c1)c1ccc(C(=O)O)cc1. The molecule has 0 spiro atoms. The van der Waals surface area contributed by atoms with Crippen LogP contribution in [0.3, 0.4) is 0 Å². The normalized spacial score (nSPS) is 19.3. The Kier molecular flexibility index (Phi) is 6.63. The van der Waals surface area contributed by atoms with Crippen molar-refractivity contribution in [3.63, 3.8) is 0 Å². The Labute approximate surface area is 186 Å². The molecule has 0 saturated carbocycles. The summed E-state index contributed by atoms with van der Waals surface area (Å²) in [5.41, 5.74) is -0.711. The molecule has 7 nitrogen and oxygen atoms in total. The molecular weight excluding hydrogens is 451 g/mol. The zero-order valence-corrected chi connectivity index (χ0v) is 17.7. The first kappa shape index (κ1) is 23.4. The molecule has 11 heteroatoms. The lowest BCUT2D eigenvalue weighted by atomic mass is 9.99. The maximum atomic E-state index is 13.6. The molecule has 1 heterocycles. The van der Waals surface area contributed by atoms with Crippen LogP contribution < -0.4 is 10.1 Å². The summed E-state index contributed by atoms with van der Waals surface area (Å²) in [6.45, 7) is 1.57. The fraction of sp³-hybridized carbons (Fsp3) is 0.286. The quantitative estimate of drug-likeness (QED) is 0.664. The molecule has 2 aromatic carbocycles. The van der Waals surface area contributed by atoms with Gasteiger partial charge in [-0.25, -0.2) is 4.79 Å². The third kappa shape index (κ3) is 5.13. The van der Waals surface area contributed by atoms with Gasteiger partial charge >= 0.3 is 12.1 Å². The Morgan fingerprint density at radius 3 is 2.44 bits per heavy atom. The van der Waals surface area contributed by atoms with Crippen LogP contribution in [0.5, 0.6) is 5.75 Å². The first-order valence-corrected chi connectivity index (χ1v) is 9.79. The highest BCUT2D eigenvalue weighted by Gasteiger charge is 2.54. The molecule has 3 atom stereocenters. The van der Waals surface area contributed by atoms with E-state index in [1.165, 1.54) is 43.4 Å². The molecule has 1 aliphatic rings. The summed E-state index contributed by atoms with van der Waals surface area (Å²) in [5, 5.41) is 16.3. The van der Waals surface area contributed by atoms with Gasteiger partial charge in [-0.05, 0) is 42.8 Å². The van der Waals surface area contributed by atoms with E-state index in [-0.39, 0.29) is 11.3 Å². The van der Waals surface area contributed by atoms with Crippen LogP contribution in [0.2, 0.25) is 5.02 Å². The second-order valence-corrected chi connectivity index (χ2v) is 7.59. The van der Waals surface area contributed by atoms with Crippen molar-refractivity contribution in [1.29, 1.82) is 0 Å². The minimum absolute atomic E-state index is 0.0474. The van der Waals surface area contributed by atoms with Gasteiger partial charge in [0.1, 0.15) is 11.7 Å². The summed E-state index contributed by atoms with van der Waals surface area (Å²) >= 11 is 5.92. The van der Waals surface area contributed by atoms with Crippen molar-refractivity contribution in [3.8, 4) is 5.75 Å². The number of nitrogens with zero attached hydrogens (tertiary/aromatic N) is 2. The summed E-state index contributed by atoms with van der Waals surface area (Å²) < 4.78 is 46.6. The molecule has 0 fully saturated rings. The van der Waals surface area contributed by atoms with E-state index < -0.39 is 42.0 Å². The van der Waals surface area contributed by atoms with Crippen LogP contribution in [-0.2, 0) is 4.79 Å². The van der Waals surface area contributed by atoms with E-state index >= 15 is 0 Å². The van der Waals surface area contributed by atoms with Crippen LogP contribution >= 0.6 is 11.6 Å². The second kappa shape index (κ2) is 9.07. The number of carbonyl (C=O) groups is 2. The van der Waals surface area contributed by atoms with Crippen LogP contribution in [0.1, 0.15) is 28.9 Å². The van der Waals surface area contributed by atoms with E-state index in [2.05, 4.69) is 10.4 Å². The summed E-state index contributed by atoms with van der Waals surface area (Å²) in [4.78, 5) is 23.9. The molecule has 1 amide bonds. The minimum atomic E-state index is -4.85. The lowest BCUT2D eigenvalue weighted by Crippen LogP contribution is -2.48.